The smallest absolute Gasteiger partial charge is 0.251 e. The Kier molecular flexibility index (Phi) is 5.20. The molecule has 0 fully saturated rings. The number of ketones is 1. The number of pyridine rings is 1. The van der Waals surface area contributed by atoms with Crippen molar-refractivity contribution in [3.8, 4) is 0 Å². The zero-order valence-corrected chi connectivity index (χ0v) is 20.0. The summed E-state index contributed by atoms with van der Waals surface area (Å²) in [6.45, 7) is 4.23. The highest BCUT2D eigenvalue weighted by atomic mass is 16.5. The van der Waals surface area contributed by atoms with Crippen LogP contribution in [-0.4, -0.2) is 16.7 Å². The lowest BCUT2D eigenvalue weighted by molar-refractivity contribution is 0.0857. The molecule has 2 bridgehead atoms. The van der Waals surface area contributed by atoms with Crippen LogP contribution in [0.1, 0.15) is 77.6 Å². The zero-order chi connectivity index (χ0) is 25.0. The largest absolute Gasteiger partial charge is 0.384 e. The van der Waals surface area contributed by atoms with E-state index in [2.05, 4.69) is 10.3 Å². The molecule has 2 aliphatic heterocycles. The topological polar surface area (TPSA) is 94.3 Å². The van der Waals surface area contributed by atoms with Crippen molar-refractivity contribution in [1.29, 1.82) is 0 Å². The van der Waals surface area contributed by atoms with E-state index in [1.165, 1.54) is 0 Å². The highest BCUT2D eigenvalue weighted by Gasteiger charge is 2.43. The first-order valence-corrected chi connectivity index (χ1v) is 11.9. The Balaban J connectivity index is 1.25. The summed E-state index contributed by atoms with van der Waals surface area (Å²) >= 11 is 0. The molecule has 6 nitrogen and oxygen atoms in total. The summed E-state index contributed by atoms with van der Waals surface area (Å²) < 4.78 is 6.30. The molecule has 178 valence electrons. The maximum absolute atomic E-state index is 13.0. The van der Waals surface area contributed by atoms with Crippen LogP contribution in [0.25, 0.3) is 0 Å². The number of carbonyl (C=O) groups excluding carboxylic acids is 2. The summed E-state index contributed by atoms with van der Waals surface area (Å²) in [7, 11) is 0. The molecule has 0 aliphatic carbocycles. The molecule has 2 aliphatic rings. The van der Waals surface area contributed by atoms with Crippen molar-refractivity contribution in [1.82, 2.24) is 10.3 Å². The van der Waals surface area contributed by atoms with Crippen LogP contribution in [0.2, 0.25) is 0 Å². The normalized spacial score (nSPS) is 16.9. The second-order valence-electron chi connectivity index (χ2n) is 9.39. The Morgan fingerprint density at radius 2 is 1.47 bits per heavy atom. The molecule has 0 saturated heterocycles. The Labute approximate surface area is 209 Å². The number of nitrogens with two attached hydrogens (primary N) is 1. The zero-order valence-electron chi connectivity index (χ0n) is 20.0. The number of aromatic nitrogens is 1. The van der Waals surface area contributed by atoms with Gasteiger partial charge in [0.1, 0.15) is 18.0 Å². The summed E-state index contributed by atoms with van der Waals surface area (Å²) in [6.07, 6.45) is -0.466. The molecule has 6 heteroatoms. The third-order valence-corrected chi connectivity index (χ3v) is 7.14. The van der Waals surface area contributed by atoms with Crippen LogP contribution in [0.5, 0.6) is 0 Å². The fourth-order valence-electron chi connectivity index (χ4n) is 5.31. The van der Waals surface area contributed by atoms with Crippen LogP contribution in [-0.2, 0) is 11.3 Å². The van der Waals surface area contributed by atoms with Crippen molar-refractivity contribution in [3.05, 3.63) is 129 Å². The number of nitrogens with one attached hydrogen (secondary N) is 1. The molecule has 0 radical (unpaired) electrons. The number of nitrogen functional groups attached to an aromatic ring is 1. The number of rotatable bonds is 5. The minimum absolute atomic E-state index is 0.0164. The van der Waals surface area contributed by atoms with E-state index < -0.39 is 0 Å². The lowest BCUT2D eigenvalue weighted by Crippen LogP contribution is -2.24. The van der Waals surface area contributed by atoms with Gasteiger partial charge in [-0.2, -0.15) is 0 Å². The van der Waals surface area contributed by atoms with Crippen LogP contribution in [0.15, 0.2) is 72.8 Å². The van der Waals surface area contributed by atoms with Crippen molar-refractivity contribution in [2.24, 2.45) is 0 Å². The molecule has 0 spiro atoms. The van der Waals surface area contributed by atoms with Crippen LogP contribution >= 0.6 is 0 Å². The van der Waals surface area contributed by atoms with Crippen molar-refractivity contribution in [2.75, 3.05) is 5.73 Å². The number of nitrogens with zero attached hydrogens (tertiary/aromatic N) is 1. The van der Waals surface area contributed by atoms with E-state index >= 15 is 0 Å². The molecule has 3 N–H and O–H groups in total. The highest BCUT2D eigenvalue weighted by Crippen LogP contribution is 2.54. The second kappa shape index (κ2) is 8.43. The Morgan fingerprint density at radius 1 is 0.833 bits per heavy atom. The van der Waals surface area contributed by atoms with Gasteiger partial charge < -0.3 is 15.8 Å². The molecule has 4 aromatic rings. The first-order chi connectivity index (χ1) is 17.4. The molecular formula is C30H25N3O3. The first-order valence-electron chi connectivity index (χ1n) is 11.9. The molecule has 2 atom stereocenters. The number of carbonyl (C=O) groups is 2. The standard InChI is InChI=1S/C30H25N3O3/c1-16-12-26(31)33-17(2)25(16)15-32-30(35)20-9-11-22-24(14-20)29-23-13-19(8-10-21(23)28(22)36-29)27(34)18-6-4-3-5-7-18/h3-14,28-29H,15H2,1-2H3,(H2,31,33)(H,32,35). The number of fused-ring (bicyclic) bond motifs is 8. The average Bonchev–Trinajstić information content (AvgIpc) is 3.45. The number of amides is 1. The molecule has 36 heavy (non-hydrogen) atoms. The number of hydrogen-bond acceptors (Lipinski definition) is 5. The maximum Gasteiger partial charge on any atom is 0.251 e. The summed E-state index contributed by atoms with van der Waals surface area (Å²) in [6, 6.07) is 22.6. The van der Waals surface area contributed by atoms with Gasteiger partial charge in [-0.15, -0.1) is 0 Å². The van der Waals surface area contributed by atoms with Gasteiger partial charge in [0.25, 0.3) is 5.91 Å². The Hall–Kier alpha value is -4.29. The average molecular weight is 476 g/mol. The molecule has 1 aromatic heterocycles. The number of aryl methyl sites for hydroxylation is 2. The van der Waals surface area contributed by atoms with Crippen molar-refractivity contribution >= 4 is 17.5 Å². The van der Waals surface area contributed by atoms with Crippen LogP contribution in [0.4, 0.5) is 5.82 Å². The quantitative estimate of drug-likeness (QED) is 0.398. The summed E-state index contributed by atoms with van der Waals surface area (Å²) in [5.41, 5.74) is 14.6. The third kappa shape index (κ3) is 3.58. The van der Waals surface area contributed by atoms with E-state index in [0.717, 1.165) is 39.1 Å². The van der Waals surface area contributed by atoms with Crippen molar-refractivity contribution in [2.45, 2.75) is 32.6 Å². The molecule has 0 saturated carbocycles. The molecule has 6 rings (SSSR count). The fourth-order valence-corrected chi connectivity index (χ4v) is 5.31. The molecule has 3 heterocycles. The Bertz CT molecular complexity index is 1520. The van der Waals surface area contributed by atoms with Crippen LogP contribution in [0, 0.1) is 13.8 Å². The monoisotopic (exact) mass is 475 g/mol. The maximum atomic E-state index is 13.0. The van der Waals surface area contributed by atoms with E-state index in [4.69, 9.17) is 10.5 Å². The van der Waals surface area contributed by atoms with E-state index in [1.807, 2.05) is 86.6 Å². The lowest BCUT2D eigenvalue weighted by Gasteiger charge is -2.18. The van der Waals surface area contributed by atoms with Gasteiger partial charge in [0.05, 0.1) is 0 Å². The number of anilines is 1. The summed E-state index contributed by atoms with van der Waals surface area (Å²) in [4.78, 5) is 30.3. The molecule has 3 aromatic carbocycles. The Morgan fingerprint density at radius 3 is 2.17 bits per heavy atom. The minimum atomic E-state index is -0.290. The van der Waals surface area contributed by atoms with Gasteiger partial charge in [0, 0.05) is 28.9 Å². The van der Waals surface area contributed by atoms with Crippen molar-refractivity contribution in [3.63, 3.8) is 0 Å². The van der Waals surface area contributed by atoms with Gasteiger partial charge in [0.2, 0.25) is 0 Å². The molecule has 2 unspecified atom stereocenters. The number of benzene rings is 3. The van der Waals surface area contributed by atoms with Gasteiger partial charge in [-0.1, -0.05) is 48.5 Å². The fraction of sp³-hybridized carbons (Fsp3) is 0.167. The highest BCUT2D eigenvalue weighted by molar-refractivity contribution is 6.09. The van der Waals surface area contributed by atoms with Crippen LogP contribution in [0.3, 0.4) is 0 Å². The van der Waals surface area contributed by atoms with Gasteiger partial charge in [-0.25, -0.2) is 4.98 Å². The molecular weight excluding hydrogens is 450 g/mol. The minimum Gasteiger partial charge on any atom is -0.384 e. The summed E-state index contributed by atoms with van der Waals surface area (Å²) in [5, 5.41) is 3.01. The van der Waals surface area contributed by atoms with E-state index in [0.29, 0.717) is 29.1 Å². The van der Waals surface area contributed by atoms with Gasteiger partial charge in [0.15, 0.2) is 5.78 Å². The van der Waals surface area contributed by atoms with E-state index in [9.17, 15) is 9.59 Å². The number of hydrogen-bond donors (Lipinski definition) is 2. The predicted molar refractivity (Wildman–Crippen MR) is 137 cm³/mol. The van der Waals surface area contributed by atoms with Crippen LogP contribution < -0.4 is 11.1 Å². The lowest BCUT2D eigenvalue weighted by atomic mass is 9.83. The number of ether oxygens (including phenoxy) is 1. The van der Waals surface area contributed by atoms with E-state index in [-0.39, 0.29) is 23.9 Å². The van der Waals surface area contributed by atoms with Gasteiger partial charge in [-0.3, -0.25) is 9.59 Å². The SMILES string of the molecule is Cc1cc(N)nc(C)c1CNC(=O)c1ccc2c(c1)C1OC2c2ccc(C(=O)c3ccccc3)cc21. The van der Waals surface area contributed by atoms with E-state index in [1.54, 1.807) is 0 Å². The third-order valence-electron chi connectivity index (χ3n) is 7.14. The molecule has 1 amide bonds. The second-order valence-corrected chi connectivity index (χ2v) is 9.39. The van der Waals surface area contributed by atoms with Gasteiger partial charge in [-0.05, 0) is 71.5 Å². The first kappa shape index (κ1) is 22.2. The van der Waals surface area contributed by atoms with Crippen molar-refractivity contribution < 1.29 is 14.3 Å². The summed E-state index contributed by atoms with van der Waals surface area (Å²) in [5.74, 6) is 0.296. The van der Waals surface area contributed by atoms with Gasteiger partial charge >= 0.3 is 0 Å². The predicted octanol–water partition coefficient (Wildman–Crippen LogP) is 4.96.